The fourth-order valence-electron chi connectivity index (χ4n) is 0.883. The summed E-state index contributed by atoms with van der Waals surface area (Å²) in [4.78, 5) is 11.1. The van der Waals surface area contributed by atoms with Crippen LogP contribution in [0.4, 0.5) is 0 Å². The van der Waals surface area contributed by atoms with Gasteiger partial charge in [-0.1, -0.05) is 6.92 Å². The molecule has 0 fully saturated rings. The Bertz CT molecular complexity index is 230. The molecule has 66 valence electrons. The van der Waals surface area contributed by atoms with E-state index in [1.165, 1.54) is 0 Å². The maximum Gasteiger partial charge on any atom is 0.225 e. The zero-order valence-electron chi connectivity index (χ0n) is 7.13. The Hall–Kier alpha value is -1.32. The molecule has 1 aromatic rings. The lowest BCUT2D eigenvalue weighted by Crippen LogP contribution is -2.25. The van der Waals surface area contributed by atoms with Crippen LogP contribution in [0.25, 0.3) is 0 Å². The number of carbonyl (C=O) groups is 1. The van der Waals surface area contributed by atoms with E-state index in [1.807, 2.05) is 6.92 Å². The summed E-state index contributed by atoms with van der Waals surface area (Å²) in [6.07, 6.45) is 3.00. The second kappa shape index (κ2) is 4.54. The van der Waals surface area contributed by atoms with E-state index < -0.39 is 0 Å². The molecular weight excluding hydrogens is 154 g/mol. The first-order valence-corrected chi connectivity index (χ1v) is 4.08. The summed E-state index contributed by atoms with van der Waals surface area (Å²) >= 11 is 0. The normalized spacial score (nSPS) is 9.75. The number of hydrogen-bond acceptors (Lipinski definition) is 2. The van der Waals surface area contributed by atoms with Crippen molar-refractivity contribution in [2.45, 2.75) is 19.8 Å². The average Bonchev–Trinajstić information content (AvgIpc) is 2.53. The van der Waals surface area contributed by atoms with Crippen molar-refractivity contribution in [3.05, 3.63) is 18.0 Å². The summed E-state index contributed by atoms with van der Waals surface area (Å²) in [6, 6.07) is 1.80. The first-order valence-electron chi connectivity index (χ1n) is 4.08. The molecule has 0 aliphatic heterocycles. The predicted molar refractivity (Wildman–Crippen MR) is 45.6 cm³/mol. The molecule has 0 saturated carbocycles. The van der Waals surface area contributed by atoms with Crippen LogP contribution in [0.1, 0.15) is 19.0 Å². The smallest absolute Gasteiger partial charge is 0.225 e. The van der Waals surface area contributed by atoms with Gasteiger partial charge in [0.1, 0.15) is 0 Å². The van der Waals surface area contributed by atoms with Gasteiger partial charge in [0.15, 0.2) is 0 Å². The fraction of sp³-hybridized carbons (Fsp3) is 0.500. The van der Waals surface area contributed by atoms with Crippen LogP contribution in [0.3, 0.4) is 0 Å². The summed E-state index contributed by atoms with van der Waals surface area (Å²) in [5.74, 6) is 0.0427. The van der Waals surface area contributed by atoms with Gasteiger partial charge in [-0.25, -0.2) is 0 Å². The predicted octanol–water partition coefficient (Wildman–Crippen LogP) is 0.478. The molecule has 1 aromatic heterocycles. The summed E-state index contributed by atoms with van der Waals surface area (Å²) in [6.45, 7) is 2.77. The summed E-state index contributed by atoms with van der Waals surface area (Å²) < 4.78 is 0. The molecule has 0 saturated heterocycles. The van der Waals surface area contributed by atoms with Gasteiger partial charge in [-0.3, -0.25) is 9.89 Å². The fourth-order valence-corrected chi connectivity index (χ4v) is 0.883. The van der Waals surface area contributed by atoms with Gasteiger partial charge in [0, 0.05) is 18.4 Å². The number of H-pyrrole nitrogens is 1. The number of hydrogen-bond donors (Lipinski definition) is 2. The second-order valence-corrected chi connectivity index (χ2v) is 2.61. The Labute approximate surface area is 71.4 Å². The zero-order chi connectivity index (χ0) is 8.81. The molecule has 1 heterocycles. The van der Waals surface area contributed by atoms with Crippen LogP contribution >= 0.6 is 0 Å². The van der Waals surface area contributed by atoms with Crippen LogP contribution in [-0.4, -0.2) is 22.6 Å². The van der Waals surface area contributed by atoms with Crippen molar-refractivity contribution < 1.29 is 4.79 Å². The van der Waals surface area contributed by atoms with Crippen molar-refractivity contribution in [3.8, 4) is 0 Å². The highest BCUT2D eigenvalue weighted by Gasteiger charge is 2.01. The lowest BCUT2D eigenvalue weighted by molar-refractivity contribution is -0.120. The molecule has 12 heavy (non-hydrogen) atoms. The summed E-state index contributed by atoms with van der Waals surface area (Å²) in [5, 5.41) is 9.27. The van der Waals surface area contributed by atoms with Crippen molar-refractivity contribution in [2.75, 3.05) is 6.54 Å². The number of aromatic nitrogens is 2. The number of nitrogens with one attached hydrogen (secondary N) is 2. The Morgan fingerprint density at radius 3 is 3.17 bits per heavy atom. The Balaban J connectivity index is 2.27. The third kappa shape index (κ3) is 2.74. The van der Waals surface area contributed by atoms with E-state index in [2.05, 4.69) is 15.5 Å². The largest absolute Gasteiger partial charge is 0.356 e. The van der Waals surface area contributed by atoms with Crippen LogP contribution in [0.2, 0.25) is 0 Å². The van der Waals surface area contributed by atoms with Gasteiger partial charge in [0.05, 0.1) is 6.42 Å². The van der Waals surface area contributed by atoms with Gasteiger partial charge >= 0.3 is 0 Å². The van der Waals surface area contributed by atoms with E-state index in [0.29, 0.717) is 6.42 Å². The summed E-state index contributed by atoms with van der Waals surface area (Å²) in [7, 11) is 0. The van der Waals surface area contributed by atoms with Crippen molar-refractivity contribution in [2.24, 2.45) is 0 Å². The minimum atomic E-state index is 0.0427. The number of aromatic amines is 1. The van der Waals surface area contributed by atoms with Gasteiger partial charge in [-0.05, 0) is 12.5 Å². The van der Waals surface area contributed by atoms with Crippen LogP contribution in [0.5, 0.6) is 0 Å². The van der Waals surface area contributed by atoms with E-state index in [1.54, 1.807) is 12.3 Å². The van der Waals surface area contributed by atoms with Gasteiger partial charge in [0.2, 0.25) is 5.91 Å². The number of nitrogens with zero attached hydrogens (tertiary/aromatic N) is 1. The third-order valence-corrected chi connectivity index (χ3v) is 1.48. The molecule has 0 spiro atoms. The Kier molecular flexibility index (Phi) is 3.32. The summed E-state index contributed by atoms with van der Waals surface area (Å²) in [5.41, 5.74) is 0.851. The SMILES string of the molecule is CCCNC(=O)Cc1ccn[nH]1. The molecule has 1 amide bonds. The van der Waals surface area contributed by atoms with Crippen molar-refractivity contribution in [1.82, 2.24) is 15.5 Å². The van der Waals surface area contributed by atoms with Crippen molar-refractivity contribution in [3.63, 3.8) is 0 Å². The topological polar surface area (TPSA) is 57.8 Å². The van der Waals surface area contributed by atoms with Crippen LogP contribution in [-0.2, 0) is 11.2 Å². The molecule has 0 aromatic carbocycles. The van der Waals surface area contributed by atoms with Gasteiger partial charge in [-0.2, -0.15) is 5.10 Å². The number of rotatable bonds is 4. The molecule has 0 aliphatic rings. The second-order valence-electron chi connectivity index (χ2n) is 2.61. The van der Waals surface area contributed by atoms with E-state index in [9.17, 15) is 4.79 Å². The highest BCUT2D eigenvalue weighted by Crippen LogP contribution is 1.92. The molecule has 0 bridgehead atoms. The molecule has 0 atom stereocenters. The minimum Gasteiger partial charge on any atom is -0.356 e. The Morgan fingerprint density at radius 2 is 2.58 bits per heavy atom. The molecular formula is C8H13N3O. The Morgan fingerprint density at radius 1 is 1.75 bits per heavy atom. The monoisotopic (exact) mass is 167 g/mol. The average molecular weight is 167 g/mol. The lowest BCUT2D eigenvalue weighted by Gasteiger charge is -2.00. The molecule has 1 rings (SSSR count). The highest BCUT2D eigenvalue weighted by molar-refractivity contribution is 5.77. The first-order chi connectivity index (χ1) is 5.83. The van der Waals surface area contributed by atoms with Crippen molar-refractivity contribution >= 4 is 5.91 Å². The maximum atomic E-state index is 11.1. The van der Waals surface area contributed by atoms with Gasteiger partial charge < -0.3 is 5.32 Å². The molecule has 0 radical (unpaired) electrons. The van der Waals surface area contributed by atoms with Crippen LogP contribution in [0, 0.1) is 0 Å². The van der Waals surface area contributed by atoms with E-state index in [0.717, 1.165) is 18.7 Å². The van der Waals surface area contributed by atoms with Gasteiger partial charge in [0.25, 0.3) is 0 Å². The highest BCUT2D eigenvalue weighted by atomic mass is 16.1. The molecule has 0 aliphatic carbocycles. The minimum absolute atomic E-state index is 0.0427. The molecule has 4 nitrogen and oxygen atoms in total. The first kappa shape index (κ1) is 8.77. The van der Waals surface area contributed by atoms with E-state index >= 15 is 0 Å². The maximum absolute atomic E-state index is 11.1. The zero-order valence-corrected chi connectivity index (χ0v) is 7.13. The number of carbonyl (C=O) groups excluding carboxylic acids is 1. The molecule has 4 heteroatoms. The van der Waals surface area contributed by atoms with Crippen molar-refractivity contribution in [1.29, 1.82) is 0 Å². The lowest BCUT2D eigenvalue weighted by atomic mass is 10.3. The van der Waals surface area contributed by atoms with Gasteiger partial charge in [-0.15, -0.1) is 0 Å². The molecule has 0 unspecified atom stereocenters. The number of amides is 1. The molecule has 2 N–H and O–H groups in total. The third-order valence-electron chi connectivity index (χ3n) is 1.48. The van der Waals surface area contributed by atoms with E-state index in [-0.39, 0.29) is 5.91 Å². The standard InChI is InChI=1S/C8H13N3O/c1-2-4-9-8(12)6-7-3-5-10-11-7/h3,5H,2,4,6H2,1H3,(H,9,12)(H,10,11). The van der Waals surface area contributed by atoms with Crippen LogP contribution < -0.4 is 5.32 Å². The quantitative estimate of drug-likeness (QED) is 0.685. The van der Waals surface area contributed by atoms with Crippen LogP contribution in [0.15, 0.2) is 12.3 Å². The van der Waals surface area contributed by atoms with E-state index in [4.69, 9.17) is 0 Å².